The van der Waals surface area contributed by atoms with Crippen LogP contribution in [0.2, 0.25) is 10.0 Å². The molecule has 0 aliphatic heterocycles. The number of ether oxygens (including phenoxy) is 1. The number of hydrogen-bond donors (Lipinski definition) is 1. The summed E-state index contributed by atoms with van der Waals surface area (Å²) in [6.07, 6.45) is 3.49. The minimum Gasteiger partial charge on any atom is -0.445 e. The van der Waals surface area contributed by atoms with Crippen LogP contribution in [0.15, 0.2) is 48.5 Å². The van der Waals surface area contributed by atoms with Gasteiger partial charge in [-0.25, -0.2) is 9.18 Å². The summed E-state index contributed by atoms with van der Waals surface area (Å²) >= 11 is 11.6. The summed E-state index contributed by atoms with van der Waals surface area (Å²) in [4.78, 5) is 11.5. The maximum atomic E-state index is 13.4. The number of carbonyl (C=O) groups is 1. The third-order valence-corrected chi connectivity index (χ3v) is 3.73. The molecule has 0 atom stereocenters. The lowest BCUT2D eigenvalue weighted by Crippen LogP contribution is -2.24. The molecule has 0 radical (unpaired) electrons. The van der Waals surface area contributed by atoms with Crippen molar-refractivity contribution in [3.8, 4) is 0 Å². The van der Waals surface area contributed by atoms with E-state index in [9.17, 15) is 9.18 Å². The van der Waals surface area contributed by atoms with Crippen molar-refractivity contribution >= 4 is 35.4 Å². The molecule has 1 amide bonds. The van der Waals surface area contributed by atoms with E-state index in [4.69, 9.17) is 27.9 Å². The number of rotatable bonds is 6. The van der Waals surface area contributed by atoms with Crippen LogP contribution in [0.25, 0.3) is 6.08 Å². The summed E-state index contributed by atoms with van der Waals surface area (Å²) < 4.78 is 18.5. The van der Waals surface area contributed by atoms with Gasteiger partial charge in [-0.3, -0.25) is 0 Å². The number of alkyl carbamates (subject to hydrolysis) is 1. The molecule has 2 aromatic rings. The van der Waals surface area contributed by atoms with E-state index in [-0.39, 0.29) is 16.7 Å². The van der Waals surface area contributed by atoms with E-state index in [2.05, 4.69) is 5.32 Å². The second-order valence-corrected chi connectivity index (χ2v) is 5.78. The first-order chi connectivity index (χ1) is 11.6. The van der Waals surface area contributed by atoms with Crippen LogP contribution in [0, 0.1) is 5.82 Å². The first-order valence-corrected chi connectivity index (χ1v) is 8.07. The molecule has 0 saturated carbocycles. The first-order valence-electron chi connectivity index (χ1n) is 7.32. The summed E-state index contributed by atoms with van der Waals surface area (Å²) in [6, 6.07) is 12.1. The molecule has 1 N–H and O–H groups in total. The van der Waals surface area contributed by atoms with Gasteiger partial charge in [-0.2, -0.15) is 0 Å². The van der Waals surface area contributed by atoms with Gasteiger partial charge < -0.3 is 10.1 Å². The van der Waals surface area contributed by atoms with Gasteiger partial charge in [-0.05, 0) is 29.7 Å². The highest BCUT2D eigenvalue weighted by atomic mass is 35.5. The monoisotopic (exact) mass is 367 g/mol. The fourth-order valence-electron chi connectivity index (χ4n) is 1.94. The van der Waals surface area contributed by atoms with Gasteiger partial charge in [-0.1, -0.05) is 65.7 Å². The Hall–Kier alpha value is -2.04. The highest BCUT2D eigenvalue weighted by Crippen LogP contribution is 2.25. The maximum Gasteiger partial charge on any atom is 0.407 e. The van der Waals surface area contributed by atoms with Gasteiger partial charge in [0.25, 0.3) is 0 Å². The van der Waals surface area contributed by atoms with Crippen molar-refractivity contribution in [3.05, 3.63) is 75.5 Å². The smallest absolute Gasteiger partial charge is 0.407 e. The number of carbonyl (C=O) groups excluding carboxylic acids is 1. The Morgan fingerprint density at radius 1 is 1.21 bits per heavy atom. The van der Waals surface area contributed by atoms with E-state index < -0.39 is 11.9 Å². The third-order valence-electron chi connectivity index (χ3n) is 3.11. The Morgan fingerprint density at radius 3 is 2.71 bits per heavy atom. The van der Waals surface area contributed by atoms with Gasteiger partial charge in [0.1, 0.15) is 12.4 Å². The second kappa shape index (κ2) is 9.30. The Balaban J connectivity index is 1.72. The fourth-order valence-corrected chi connectivity index (χ4v) is 2.32. The highest BCUT2D eigenvalue weighted by molar-refractivity contribution is 6.34. The molecule has 0 aliphatic rings. The van der Waals surface area contributed by atoms with E-state index in [1.807, 2.05) is 30.3 Å². The SMILES string of the molecule is O=C(NCCC=Cc1cc(Cl)cc(F)c1Cl)OCc1ccccc1. The summed E-state index contributed by atoms with van der Waals surface area (Å²) in [7, 11) is 0. The van der Waals surface area contributed by atoms with Crippen molar-refractivity contribution in [2.75, 3.05) is 6.54 Å². The molecular weight excluding hydrogens is 352 g/mol. The predicted octanol–water partition coefficient (Wildman–Crippen LogP) is 5.46. The van der Waals surface area contributed by atoms with Crippen molar-refractivity contribution in [3.63, 3.8) is 0 Å². The van der Waals surface area contributed by atoms with Gasteiger partial charge in [0.05, 0.1) is 5.02 Å². The van der Waals surface area contributed by atoms with Crippen LogP contribution in [0.5, 0.6) is 0 Å². The van der Waals surface area contributed by atoms with Crippen LogP contribution in [0.1, 0.15) is 17.5 Å². The molecule has 0 spiro atoms. The molecule has 6 heteroatoms. The van der Waals surface area contributed by atoms with E-state index >= 15 is 0 Å². The van der Waals surface area contributed by atoms with Crippen molar-refractivity contribution in [1.29, 1.82) is 0 Å². The first kappa shape index (κ1) is 18.3. The molecule has 0 fully saturated rings. The molecule has 3 nitrogen and oxygen atoms in total. The zero-order chi connectivity index (χ0) is 17.4. The molecule has 0 aliphatic carbocycles. The lowest BCUT2D eigenvalue weighted by Gasteiger charge is -2.06. The Morgan fingerprint density at radius 2 is 1.96 bits per heavy atom. The summed E-state index contributed by atoms with van der Waals surface area (Å²) in [5, 5.41) is 2.93. The van der Waals surface area contributed by atoms with Gasteiger partial charge in [0, 0.05) is 11.6 Å². The summed E-state index contributed by atoms with van der Waals surface area (Å²) in [6.45, 7) is 0.616. The van der Waals surface area contributed by atoms with E-state index in [1.54, 1.807) is 18.2 Å². The quantitative estimate of drug-likeness (QED) is 0.543. The van der Waals surface area contributed by atoms with Crippen LogP contribution in [0.3, 0.4) is 0 Å². The molecule has 0 bridgehead atoms. The van der Waals surface area contributed by atoms with Crippen LogP contribution < -0.4 is 5.32 Å². The Labute approximate surface area is 150 Å². The van der Waals surface area contributed by atoms with Gasteiger partial charge in [-0.15, -0.1) is 0 Å². The zero-order valence-electron chi connectivity index (χ0n) is 12.8. The molecule has 2 rings (SSSR count). The average molecular weight is 368 g/mol. The topological polar surface area (TPSA) is 38.3 Å². The largest absolute Gasteiger partial charge is 0.445 e. The standard InChI is InChI=1S/C18H16Cl2FNO2/c19-15-10-14(17(20)16(21)11-15)8-4-5-9-22-18(23)24-12-13-6-2-1-3-7-13/h1-4,6-8,10-11H,5,9,12H2,(H,22,23). The minimum absolute atomic E-state index is 0.0193. The molecular formula is C18H16Cl2FNO2. The minimum atomic E-state index is -0.563. The Kier molecular flexibility index (Phi) is 7.09. The fraction of sp³-hybridized carbons (Fsp3) is 0.167. The van der Waals surface area contributed by atoms with Crippen LogP contribution in [-0.2, 0) is 11.3 Å². The van der Waals surface area contributed by atoms with Gasteiger partial charge >= 0.3 is 6.09 Å². The molecule has 24 heavy (non-hydrogen) atoms. The maximum absolute atomic E-state index is 13.4. The van der Waals surface area contributed by atoms with E-state index in [0.29, 0.717) is 18.5 Å². The van der Waals surface area contributed by atoms with Crippen LogP contribution in [0.4, 0.5) is 9.18 Å². The van der Waals surface area contributed by atoms with Crippen LogP contribution >= 0.6 is 23.2 Å². The van der Waals surface area contributed by atoms with Gasteiger partial charge in [0.2, 0.25) is 0 Å². The molecule has 0 aromatic heterocycles. The molecule has 0 unspecified atom stereocenters. The molecule has 2 aromatic carbocycles. The zero-order valence-corrected chi connectivity index (χ0v) is 14.3. The van der Waals surface area contributed by atoms with Crippen molar-refractivity contribution in [1.82, 2.24) is 5.32 Å². The second-order valence-electron chi connectivity index (χ2n) is 4.97. The van der Waals surface area contributed by atoms with Gasteiger partial charge in [0.15, 0.2) is 0 Å². The van der Waals surface area contributed by atoms with E-state index in [1.165, 1.54) is 0 Å². The van der Waals surface area contributed by atoms with Crippen molar-refractivity contribution in [2.24, 2.45) is 0 Å². The van der Waals surface area contributed by atoms with E-state index in [0.717, 1.165) is 11.6 Å². The van der Waals surface area contributed by atoms with Crippen molar-refractivity contribution < 1.29 is 13.9 Å². The number of hydrogen-bond acceptors (Lipinski definition) is 2. The normalized spacial score (nSPS) is 10.8. The molecule has 0 saturated heterocycles. The summed E-state index contributed by atoms with van der Waals surface area (Å²) in [5.41, 5.74) is 1.42. The lowest BCUT2D eigenvalue weighted by atomic mass is 10.2. The number of halogens is 3. The van der Waals surface area contributed by atoms with Crippen molar-refractivity contribution in [2.45, 2.75) is 13.0 Å². The predicted molar refractivity (Wildman–Crippen MR) is 94.7 cm³/mol. The number of benzene rings is 2. The number of amides is 1. The molecule has 0 heterocycles. The lowest BCUT2D eigenvalue weighted by molar-refractivity contribution is 0.140. The molecule has 126 valence electrons. The average Bonchev–Trinajstić information content (AvgIpc) is 2.57. The van der Waals surface area contributed by atoms with Crippen LogP contribution in [-0.4, -0.2) is 12.6 Å². The summed E-state index contributed by atoms with van der Waals surface area (Å²) in [5.74, 6) is -0.563. The number of nitrogens with one attached hydrogen (secondary N) is 1. The highest BCUT2D eigenvalue weighted by Gasteiger charge is 2.05. The third kappa shape index (κ3) is 5.87. The Bertz CT molecular complexity index is 720.